The molecule has 0 bridgehead atoms. The highest BCUT2D eigenvalue weighted by atomic mass is 19.1. The molecule has 0 saturated carbocycles. The molecule has 6 nitrogen and oxygen atoms in total. The highest BCUT2D eigenvalue weighted by Crippen LogP contribution is 2.30. The van der Waals surface area contributed by atoms with Gasteiger partial charge in [0.25, 0.3) is 0 Å². The fourth-order valence-electron chi connectivity index (χ4n) is 3.37. The number of carbonyl (C=O) groups is 2. The Balaban J connectivity index is 1.73. The summed E-state index contributed by atoms with van der Waals surface area (Å²) in [7, 11) is 3.00. The largest absolute Gasteiger partial charge is 0.494 e. The molecule has 0 aliphatic rings. The molecule has 7 heteroatoms. The topological polar surface area (TPSA) is 74.7 Å². The van der Waals surface area contributed by atoms with Crippen molar-refractivity contribution in [2.24, 2.45) is 0 Å². The van der Waals surface area contributed by atoms with Crippen molar-refractivity contribution < 1.29 is 28.2 Å². The number of pyridine rings is 1. The lowest BCUT2D eigenvalue weighted by molar-refractivity contribution is 0.0915. The monoisotopic (exact) mass is 451 g/mol. The van der Waals surface area contributed by atoms with Crippen LogP contribution in [0, 0.1) is 6.92 Å². The minimum Gasteiger partial charge on any atom is -0.494 e. The van der Waals surface area contributed by atoms with E-state index in [1.54, 1.807) is 31.4 Å². The molecule has 0 saturated heterocycles. The van der Waals surface area contributed by atoms with Gasteiger partial charge in [-0.15, -0.1) is 0 Å². The zero-order chi connectivity index (χ0) is 23.8. The number of hydrogen-bond donors (Lipinski definition) is 0. The number of aryl methyl sites for hydroxylation is 1. The molecule has 0 atom stereocenters. The number of aromatic nitrogens is 1. The van der Waals surface area contributed by atoms with Gasteiger partial charge >= 0.3 is 0 Å². The van der Waals surface area contributed by atoms with Crippen LogP contribution in [0.5, 0.6) is 17.2 Å². The first-order chi connectivity index (χ1) is 16.0. The Kier molecular flexibility index (Phi) is 8.13. The van der Waals surface area contributed by atoms with E-state index in [4.69, 9.17) is 14.2 Å². The zero-order valence-electron chi connectivity index (χ0n) is 18.9. The van der Waals surface area contributed by atoms with Gasteiger partial charge in [-0.1, -0.05) is 23.8 Å². The molecule has 0 N–H and O–H groups in total. The molecule has 0 aliphatic carbocycles. The summed E-state index contributed by atoms with van der Waals surface area (Å²) in [5, 5.41) is 0. The third-order valence-corrected chi connectivity index (χ3v) is 5.05. The predicted octanol–water partition coefficient (Wildman–Crippen LogP) is 5.27. The molecule has 0 spiro atoms. The summed E-state index contributed by atoms with van der Waals surface area (Å²) < 4.78 is 28.3. The first-order valence-corrected chi connectivity index (χ1v) is 10.5. The molecule has 3 rings (SSSR count). The Morgan fingerprint density at radius 2 is 1.61 bits per heavy atom. The van der Waals surface area contributed by atoms with E-state index in [0.29, 0.717) is 28.5 Å². The van der Waals surface area contributed by atoms with E-state index in [0.717, 1.165) is 11.1 Å². The van der Waals surface area contributed by atoms with Crippen molar-refractivity contribution in [3.63, 3.8) is 0 Å². The molecule has 3 aromatic rings. The lowest BCUT2D eigenvalue weighted by Crippen LogP contribution is -2.08. The van der Waals surface area contributed by atoms with Gasteiger partial charge in [0.15, 0.2) is 23.1 Å². The van der Waals surface area contributed by atoms with Gasteiger partial charge < -0.3 is 14.2 Å². The number of benzene rings is 2. The van der Waals surface area contributed by atoms with Crippen molar-refractivity contribution in [1.82, 2.24) is 4.98 Å². The van der Waals surface area contributed by atoms with E-state index in [1.807, 2.05) is 31.2 Å². The van der Waals surface area contributed by atoms with Gasteiger partial charge in [0.1, 0.15) is 30.4 Å². The highest BCUT2D eigenvalue weighted by molar-refractivity contribution is 6.02. The maximum absolute atomic E-state index is 12.8. The molecule has 1 aromatic heterocycles. The summed E-state index contributed by atoms with van der Waals surface area (Å²) in [6, 6.07) is 15.7. The smallest absolute Gasteiger partial charge is 0.181 e. The van der Waals surface area contributed by atoms with Crippen molar-refractivity contribution in [3.05, 3.63) is 71.4 Å². The summed E-state index contributed by atoms with van der Waals surface area (Å²) in [4.78, 5) is 30.0. The van der Waals surface area contributed by atoms with Crippen LogP contribution in [0.1, 0.15) is 39.3 Å². The Labute approximate surface area is 192 Å². The summed E-state index contributed by atoms with van der Waals surface area (Å²) >= 11 is 0. The van der Waals surface area contributed by atoms with Crippen molar-refractivity contribution in [3.8, 4) is 28.5 Å². The molecule has 0 fully saturated rings. The quantitative estimate of drug-likeness (QED) is 0.370. The minimum atomic E-state index is -0.628. The normalized spacial score (nSPS) is 10.5. The van der Waals surface area contributed by atoms with Crippen LogP contribution in [0.2, 0.25) is 0 Å². The average molecular weight is 451 g/mol. The number of rotatable bonds is 11. The minimum absolute atomic E-state index is 0.00778. The van der Waals surface area contributed by atoms with Gasteiger partial charge in [0.2, 0.25) is 0 Å². The van der Waals surface area contributed by atoms with E-state index < -0.39 is 6.67 Å². The summed E-state index contributed by atoms with van der Waals surface area (Å²) in [5.41, 5.74) is 3.14. The fraction of sp³-hybridized carbons (Fsp3) is 0.269. The highest BCUT2D eigenvalue weighted by Gasteiger charge is 2.17. The number of Topliss-reactive ketones (excluding diaryl/α,β-unsaturated/α-hetero) is 2. The number of nitrogens with zero attached hydrogens (tertiary/aromatic N) is 1. The SMILES string of the molecule is COc1cc(C(=O)CCC(=O)c2ccc(OC)c(-c3cccc(C)c3)n2)ccc1OCCF. The number of hydrogen-bond acceptors (Lipinski definition) is 6. The van der Waals surface area contributed by atoms with Crippen LogP contribution in [0.3, 0.4) is 0 Å². The molecule has 172 valence electrons. The van der Waals surface area contributed by atoms with Crippen LogP contribution in [0.25, 0.3) is 11.3 Å². The van der Waals surface area contributed by atoms with Crippen LogP contribution in [-0.2, 0) is 0 Å². The molecule has 33 heavy (non-hydrogen) atoms. The van der Waals surface area contributed by atoms with Gasteiger partial charge in [0, 0.05) is 24.0 Å². The molecular formula is C26H26FNO5. The first-order valence-electron chi connectivity index (χ1n) is 10.5. The van der Waals surface area contributed by atoms with Crippen LogP contribution < -0.4 is 14.2 Å². The van der Waals surface area contributed by atoms with Gasteiger partial charge in [-0.3, -0.25) is 9.59 Å². The van der Waals surface area contributed by atoms with Gasteiger partial charge in [-0.25, -0.2) is 9.37 Å². The van der Waals surface area contributed by atoms with Crippen LogP contribution in [0.4, 0.5) is 4.39 Å². The zero-order valence-corrected chi connectivity index (χ0v) is 18.9. The second kappa shape index (κ2) is 11.2. The standard InChI is InChI=1S/C26H26FNO5/c1-17-5-4-6-19(15-17)26-24(31-2)12-8-20(28-26)22(30)10-9-21(29)18-7-11-23(33-14-13-27)25(16-18)32-3/h4-8,11-12,15-16H,9-10,13-14H2,1-3H3. The molecule has 0 radical (unpaired) electrons. The second-order valence-corrected chi connectivity index (χ2v) is 7.37. The molecule has 0 unspecified atom stereocenters. The maximum atomic E-state index is 12.8. The maximum Gasteiger partial charge on any atom is 0.181 e. The lowest BCUT2D eigenvalue weighted by Gasteiger charge is -2.11. The number of ketones is 2. The predicted molar refractivity (Wildman–Crippen MR) is 123 cm³/mol. The summed E-state index contributed by atoms with van der Waals surface area (Å²) in [5.74, 6) is 0.797. The van der Waals surface area contributed by atoms with Crippen LogP contribution >= 0.6 is 0 Å². The lowest BCUT2D eigenvalue weighted by atomic mass is 10.0. The average Bonchev–Trinajstić information content (AvgIpc) is 2.85. The summed E-state index contributed by atoms with van der Waals surface area (Å²) in [6.45, 7) is 1.25. The number of methoxy groups -OCH3 is 2. The van der Waals surface area contributed by atoms with E-state index in [2.05, 4.69) is 4.98 Å². The van der Waals surface area contributed by atoms with E-state index in [1.165, 1.54) is 13.2 Å². The first kappa shape index (κ1) is 23.9. The van der Waals surface area contributed by atoms with E-state index in [-0.39, 0.29) is 36.7 Å². The Morgan fingerprint density at radius 1 is 0.879 bits per heavy atom. The molecule has 1 heterocycles. The van der Waals surface area contributed by atoms with Crippen molar-refractivity contribution in [2.75, 3.05) is 27.5 Å². The van der Waals surface area contributed by atoms with Crippen molar-refractivity contribution >= 4 is 11.6 Å². The molecule has 0 aliphatic heterocycles. The van der Waals surface area contributed by atoms with Gasteiger partial charge in [0.05, 0.1) is 14.2 Å². The number of carbonyl (C=O) groups excluding carboxylic acids is 2. The number of halogens is 1. The Bertz CT molecular complexity index is 1150. The van der Waals surface area contributed by atoms with E-state index >= 15 is 0 Å². The van der Waals surface area contributed by atoms with E-state index in [9.17, 15) is 14.0 Å². The van der Waals surface area contributed by atoms with Crippen molar-refractivity contribution in [1.29, 1.82) is 0 Å². The fourth-order valence-corrected chi connectivity index (χ4v) is 3.37. The van der Waals surface area contributed by atoms with Gasteiger partial charge in [-0.2, -0.15) is 0 Å². The van der Waals surface area contributed by atoms with Crippen LogP contribution in [0.15, 0.2) is 54.6 Å². The second-order valence-electron chi connectivity index (χ2n) is 7.37. The number of alkyl halides is 1. The molecule has 2 aromatic carbocycles. The molecule has 0 amide bonds. The van der Waals surface area contributed by atoms with Crippen LogP contribution in [-0.4, -0.2) is 44.1 Å². The molecular weight excluding hydrogens is 425 g/mol. The number of ether oxygens (including phenoxy) is 3. The third kappa shape index (κ3) is 5.94. The Morgan fingerprint density at radius 3 is 2.30 bits per heavy atom. The third-order valence-electron chi connectivity index (χ3n) is 5.05. The Hall–Kier alpha value is -3.74. The summed E-state index contributed by atoms with van der Waals surface area (Å²) in [6.07, 6.45) is 0.0218. The van der Waals surface area contributed by atoms with Gasteiger partial charge in [-0.05, 0) is 43.3 Å². The van der Waals surface area contributed by atoms with Crippen molar-refractivity contribution in [2.45, 2.75) is 19.8 Å².